The number of aromatic nitrogens is 1. The third kappa shape index (κ3) is 2.79. The van der Waals surface area contributed by atoms with Gasteiger partial charge in [0.1, 0.15) is 11.6 Å². The Balaban J connectivity index is 2.08. The van der Waals surface area contributed by atoms with E-state index in [0.717, 1.165) is 31.7 Å². The minimum Gasteiger partial charge on any atom is -0.396 e. The van der Waals surface area contributed by atoms with Crippen LogP contribution in [0.25, 0.3) is 0 Å². The molecule has 1 unspecified atom stereocenters. The molecule has 5 heteroatoms. The number of rotatable bonds is 3. The van der Waals surface area contributed by atoms with Gasteiger partial charge in [-0.15, -0.1) is 0 Å². The molecular weight excluding hydrogens is 216 g/mol. The van der Waals surface area contributed by atoms with E-state index in [-0.39, 0.29) is 6.61 Å². The van der Waals surface area contributed by atoms with Crippen molar-refractivity contribution in [2.75, 3.05) is 36.1 Å². The van der Waals surface area contributed by atoms with Crippen molar-refractivity contribution in [3.63, 3.8) is 0 Å². The molecule has 94 valence electrons. The molecule has 0 aliphatic carbocycles. The summed E-state index contributed by atoms with van der Waals surface area (Å²) < 4.78 is 0. The average Bonchev–Trinajstić information content (AvgIpc) is 2.33. The van der Waals surface area contributed by atoms with E-state index in [9.17, 15) is 0 Å². The van der Waals surface area contributed by atoms with Crippen LogP contribution in [0, 0.1) is 5.92 Å². The molecular formula is C12H20N4O. The highest BCUT2D eigenvalue weighted by atomic mass is 16.3. The molecule has 1 atom stereocenters. The SMILES string of the molecule is Nc1ccc(N2CCCC(CCO)C2)nc1N. The number of nitrogens with two attached hydrogens (primary N) is 2. The molecule has 2 heterocycles. The van der Waals surface area contributed by atoms with E-state index in [1.807, 2.05) is 6.07 Å². The number of nitrogen functional groups attached to an aromatic ring is 2. The molecule has 17 heavy (non-hydrogen) atoms. The summed E-state index contributed by atoms with van der Waals surface area (Å²) in [5.41, 5.74) is 11.9. The standard InChI is InChI=1S/C12H20N4O/c13-10-3-4-11(15-12(10)14)16-6-1-2-9(8-16)5-7-17/h3-4,9,17H,1-2,5-8,13H2,(H2,14,15). The molecule has 0 radical (unpaired) electrons. The van der Waals surface area contributed by atoms with Crippen LogP contribution in [0.15, 0.2) is 12.1 Å². The van der Waals surface area contributed by atoms with E-state index in [4.69, 9.17) is 16.6 Å². The smallest absolute Gasteiger partial charge is 0.149 e. The first-order valence-electron chi connectivity index (χ1n) is 6.08. The van der Waals surface area contributed by atoms with Crippen molar-refractivity contribution in [2.45, 2.75) is 19.3 Å². The molecule has 2 rings (SSSR count). The summed E-state index contributed by atoms with van der Waals surface area (Å²) in [6, 6.07) is 3.71. The largest absolute Gasteiger partial charge is 0.396 e. The van der Waals surface area contributed by atoms with Crippen molar-refractivity contribution in [3.05, 3.63) is 12.1 Å². The Kier molecular flexibility index (Phi) is 3.68. The molecule has 0 spiro atoms. The van der Waals surface area contributed by atoms with Crippen LogP contribution in [0.5, 0.6) is 0 Å². The Morgan fingerprint density at radius 2 is 2.24 bits per heavy atom. The van der Waals surface area contributed by atoms with Gasteiger partial charge in [-0.3, -0.25) is 0 Å². The summed E-state index contributed by atoms with van der Waals surface area (Å²) in [5, 5.41) is 8.99. The Morgan fingerprint density at radius 1 is 1.41 bits per heavy atom. The number of anilines is 3. The number of piperidine rings is 1. The lowest BCUT2D eigenvalue weighted by atomic mass is 9.95. The second-order valence-corrected chi connectivity index (χ2v) is 4.61. The Hall–Kier alpha value is -1.49. The second-order valence-electron chi connectivity index (χ2n) is 4.61. The molecule has 0 bridgehead atoms. The number of aliphatic hydroxyl groups is 1. The van der Waals surface area contributed by atoms with Gasteiger partial charge in [-0.05, 0) is 37.3 Å². The molecule has 1 fully saturated rings. The lowest BCUT2D eigenvalue weighted by Crippen LogP contribution is -2.36. The van der Waals surface area contributed by atoms with E-state index in [1.165, 1.54) is 6.42 Å². The van der Waals surface area contributed by atoms with Gasteiger partial charge in [0.2, 0.25) is 0 Å². The maximum atomic E-state index is 8.99. The van der Waals surface area contributed by atoms with Gasteiger partial charge in [0.15, 0.2) is 0 Å². The molecule has 5 N–H and O–H groups in total. The van der Waals surface area contributed by atoms with Crippen LogP contribution in [-0.2, 0) is 0 Å². The average molecular weight is 236 g/mol. The quantitative estimate of drug-likeness (QED) is 0.724. The van der Waals surface area contributed by atoms with Crippen LogP contribution in [0.1, 0.15) is 19.3 Å². The van der Waals surface area contributed by atoms with Crippen LogP contribution >= 0.6 is 0 Å². The van der Waals surface area contributed by atoms with Crippen LogP contribution < -0.4 is 16.4 Å². The molecule has 1 aliphatic rings. The Morgan fingerprint density at radius 3 is 2.94 bits per heavy atom. The number of hydrogen-bond donors (Lipinski definition) is 3. The zero-order valence-corrected chi connectivity index (χ0v) is 9.97. The lowest BCUT2D eigenvalue weighted by Gasteiger charge is -2.33. The fraction of sp³-hybridized carbons (Fsp3) is 0.583. The van der Waals surface area contributed by atoms with Gasteiger partial charge >= 0.3 is 0 Å². The predicted molar refractivity (Wildman–Crippen MR) is 69.7 cm³/mol. The molecule has 1 saturated heterocycles. The monoisotopic (exact) mass is 236 g/mol. The van der Waals surface area contributed by atoms with Crippen molar-refractivity contribution in [3.8, 4) is 0 Å². The van der Waals surface area contributed by atoms with Gasteiger partial charge in [-0.2, -0.15) is 0 Å². The van der Waals surface area contributed by atoms with Crippen molar-refractivity contribution in [1.29, 1.82) is 0 Å². The van der Waals surface area contributed by atoms with Gasteiger partial charge in [-0.1, -0.05) is 0 Å². The summed E-state index contributed by atoms with van der Waals surface area (Å²) in [6.07, 6.45) is 3.18. The molecule has 0 saturated carbocycles. The van der Waals surface area contributed by atoms with Gasteiger partial charge in [0.25, 0.3) is 0 Å². The van der Waals surface area contributed by atoms with E-state index >= 15 is 0 Å². The maximum Gasteiger partial charge on any atom is 0.149 e. The van der Waals surface area contributed by atoms with Gasteiger partial charge < -0.3 is 21.5 Å². The number of pyridine rings is 1. The van der Waals surface area contributed by atoms with Crippen molar-refractivity contribution in [2.24, 2.45) is 5.92 Å². The minimum absolute atomic E-state index is 0.260. The van der Waals surface area contributed by atoms with E-state index in [2.05, 4.69) is 9.88 Å². The van der Waals surface area contributed by atoms with E-state index in [0.29, 0.717) is 17.4 Å². The summed E-state index contributed by atoms with van der Waals surface area (Å²) in [7, 11) is 0. The molecule has 0 amide bonds. The van der Waals surface area contributed by atoms with Gasteiger partial charge in [-0.25, -0.2) is 4.98 Å². The van der Waals surface area contributed by atoms with E-state index < -0.39 is 0 Å². The first-order valence-corrected chi connectivity index (χ1v) is 6.08. The third-order valence-corrected chi connectivity index (χ3v) is 3.32. The summed E-state index contributed by atoms with van der Waals surface area (Å²) >= 11 is 0. The highest BCUT2D eigenvalue weighted by molar-refractivity contribution is 5.62. The Bertz CT molecular complexity index is 381. The van der Waals surface area contributed by atoms with Crippen molar-refractivity contribution < 1.29 is 5.11 Å². The van der Waals surface area contributed by atoms with Crippen molar-refractivity contribution >= 4 is 17.3 Å². The summed E-state index contributed by atoms with van der Waals surface area (Å²) in [4.78, 5) is 6.53. The zero-order valence-electron chi connectivity index (χ0n) is 9.97. The number of nitrogens with zero attached hydrogens (tertiary/aromatic N) is 2. The van der Waals surface area contributed by atoms with Gasteiger partial charge in [0, 0.05) is 19.7 Å². The number of hydrogen-bond acceptors (Lipinski definition) is 5. The third-order valence-electron chi connectivity index (χ3n) is 3.32. The fourth-order valence-corrected chi connectivity index (χ4v) is 2.34. The summed E-state index contributed by atoms with van der Waals surface area (Å²) in [5.74, 6) is 1.83. The van der Waals surface area contributed by atoms with Crippen LogP contribution in [0.4, 0.5) is 17.3 Å². The maximum absolute atomic E-state index is 8.99. The van der Waals surface area contributed by atoms with Crippen LogP contribution in [0.2, 0.25) is 0 Å². The van der Waals surface area contributed by atoms with E-state index in [1.54, 1.807) is 6.07 Å². The first-order chi connectivity index (χ1) is 8.20. The number of aliphatic hydroxyl groups excluding tert-OH is 1. The normalized spacial score (nSPS) is 20.5. The molecule has 0 aromatic carbocycles. The highest BCUT2D eigenvalue weighted by Gasteiger charge is 2.20. The molecule has 1 aromatic heterocycles. The van der Waals surface area contributed by atoms with Crippen LogP contribution in [0.3, 0.4) is 0 Å². The minimum atomic E-state index is 0.260. The topological polar surface area (TPSA) is 88.4 Å². The van der Waals surface area contributed by atoms with Crippen LogP contribution in [-0.4, -0.2) is 29.8 Å². The first kappa shape index (κ1) is 12.0. The second kappa shape index (κ2) is 5.23. The van der Waals surface area contributed by atoms with Gasteiger partial charge in [0.05, 0.1) is 5.69 Å². The molecule has 1 aromatic rings. The zero-order chi connectivity index (χ0) is 12.3. The van der Waals surface area contributed by atoms with Crippen molar-refractivity contribution in [1.82, 2.24) is 4.98 Å². The Labute approximate surface area is 101 Å². The molecule has 1 aliphatic heterocycles. The molecule has 5 nitrogen and oxygen atoms in total. The fourth-order valence-electron chi connectivity index (χ4n) is 2.34. The summed E-state index contributed by atoms with van der Waals surface area (Å²) in [6.45, 7) is 2.20. The predicted octanol–water partition coefficient (Wildman–Crippen LogP) is 0.845. The lowest BCUT2D eigenvalue weighted by molar-refractivity contribution is 0.244. The highest BCUT2D eigenvalue weighted by Crippen LogP contribution is 2.25.